The molecule has 6 heteroatoms. The van der Waals surface area contributed by atoms with Crippen molar-refractivity contribution in [2.45, 2.75) is 144 Å². The minimum atomic E-state index is -0.935. The summed E-state index contributed by atoms with van der Waals surface area (Å²) in [5.74, 6) is -1.09. The lowest BCUT2D eigenvalue weighted by atomic mass is 10.0. The van der Waals surface area contributed by atoms with Crippen molar-refractivity contribution >= 4 is 17.9 Å². The zero-order chi connectivity index (χ0) is 31.2. The maximum atomic E-state index is 11.2. The maximum absolute atomic E-state index is 11.2. The fourth-order valence-corrected chi connectivity index (χ4v) is 3.30. The minimum Gasteiger partial charge on any atom is -0.478 e. The van der Waals surface area contributed by atoms with E-state index in [4.69, 9.17) is 14.6 Å². The van der Waals surface area contributed by atoms with E-state index in [0.717, 1.165) is 6.42 Å². The number of unbranched alkanes of at least 4 members (excludes halogenated alkanes) is 15. The minimum absolute atomic E-state index is 0.176. The van der Waals surface area contributed by atoms with E-state index in [2.05, 4.69) is 26.7 Å². The third-order valence-corrected chi connectivity index (χ3v) is 5.84. The van der Waals surface area contributed by atoms with Gasteiger partial charge in [-0.3, -0.25) is 0 Å². The van der Waals surface area contributed by atoms with Gasteiger partial charge in [-0.05, 0) is 33.1 Å². The van der Waals surface area contributed by atoms with Crippen LogP contribution in [0.5, 0.6) is 0 Å². The van der Waals surface area contributed by atoms with E-state index in [1.54, 1.807) is 13.8 Å². The molecule has 0 heterocycles. The second-order valence-corrected chi connectivity index (χ2v) is 11.1. The van der Waals surface area contributed by atoms with Gasteiger partial charge in [-0.2, -0.15) is 0 Å². The Bertz CT molecular complexity index is 681. The lowest BCUT2D eigenvalue weighted by Crippen LogP contribution is -2.09. The molecule has 0 aromatic rings. The highest BCUT2D eigenvalue weighted by Gasteiger charge is 2.03. The van der Waals surface area contributed by atoms with Crippen molar-refractivity contribution < 1.29 is 29.0 Å². The smallest absolute Gasteiger partial charge is 0.333 e. The predicted molar refractivity (Wildman–Crippen MR) is 168 cm³/mol. The summed E-state index contributed by atoms with van der Waals surface area (Å²) in [4.78, 5) is 31.5. The molecule has 0 amide bonds. The number of esters is 2. The van der Waals surface area contributed by atoms with Gasteiger partial charge in [-0.15, -0.1) is 0 Å². The van der Waals surface area contributed by atoms with E-state index in [0.29, 0.717) is 30.3 Å². The Labute approximate surface area is 246 Å². The van der Waals surface area contributed by atoms with Crippen molar-refractivity contribution in [3.05, 3.63) is 36.5 Å². The standard InChI is InChI=1S/C22H42O2.C8H14O2.C4H6O2/c1-4-5-6-7-8-9-10-11-12-13-14-15-16-17-18-19-20-24-22(23)21(2)3;1-6(2)5-10-8(9)7(3)4;1-3(2)4(5)6/h2,4-20H2,1,3H3;6H,3,5H2,1-2,4H3;1H2,2H3,(H,5,6). The van der Waals surface area contributed by atoms with Crippen LogP contribution in [0, 0.1) is 5.92 Å². The Balaban J connectivity index is -0.000000697. The van der Waals surface area contributed by atoms with Gasteiger partial charge in [-0.1, -0.05) is 137 Å². The molecule has 40 heavy (non-hydrogen) atoms. The molecule has 0 bridgehead atoms. The summed E-state index contributed by atoms with van der Waals surface area (Å²) in [6.45, 7) is 22.3. The number of carboxylic acids is 1. The van der Waals surface area contributed by atoms with Crippen molar-refractivity contribution in [1.29, 1.82) is 0 Å². The lowest BCUT2D eigenvalue weighted by molar-refractivity contribution is -0.140. The van der Waals surface area contributed by atoms with E-state index >= 15 is 0 Å². The zero-order valence-electron chi connectivity index (χ0n) is 26.9. The molecule has 0 radical (unpaired) electrons. The highest BCUT2D eigenvalue weighted by molar-refractivity contribution is 5.87. The van der Waals surface area contributed by atoms with Gasteiger partial charge >= 0.3 is 17.9 Å². The number of carbonyl (C=O) groups is 3. The topological polar surface area (TPSA) is 89.9 Å². The largest absolute Gasteiger partial charge is 0.478 e. The Morgan fingerprint density at radius 1 is 0.575 bits per heavy atom. The summed E-state index contributed by atoms with van der Waals surface area (Å²) >= 11 is 0. The Hall–Kier alpha value is -2.37. The first-order valence-electron chi connectivity index (χ1n) is 15.4. The molecule has 0 unspecified atom stereocenters. The first kappa shape index (κ1) is 42.1. The van der Waals surface area contributed by atoms with Crippen LogP contribution in [0.25, 0.3) is 0 Å². The van der Waals surface area contributed by atoms with Crippen molar-refractivity contribution in [3.63, 3.8) is 0 Å². The fraction of sp³-hybridized carbons (Fsp3) is 0.735. The molecule has 6 nitrogen and oxygen atoms in total. The van der Waals surface area contributed by atoms with Crippen molar-refractivity contribution in [2.75, 3.05) is 13.2 Å². The van der Waals surface area contributed by atoms with Crippen LogP contribution in [0.15, 0.2) is 36.5 Å². The number of hydrogen-bond acceptors (Lipinski definition) is 5. The first-order chi connectivity index (χ1) is 18.9. The summed E-state index contributed by atoms with van der Waals surface area (Å²) < 4.78 is 9.91. The average Bonchev–Trinajstić information content (AvgIpc) is 2.89. The van der Waals surface area contributed by atoms with Crippen LogP contribution in [-0.4, -0.2) is 36.2 Å². The van der Waals surface area contributed by atoms with Gasteiger partial charge in [0.05, 0.1) is 13.2 Å². The highest BCUT2D eigenvalue weighted by atomic mass is 16.5. The summed E-state index contributed by atoms with van der Waals surface area (Å²) in [6.07, 6.45) is 21.7. The SMILES string of the molecule is C=C(C)C(=O)O.C=C(C)C(=O)OCC(C)C.C=C(C)C(=O)OCCCCCCCCCCCCCCCCCC. The molecule has 234 valence electrons. The fourth-order valence-electron chi connectivity index (χ4n) is 3.30. The van der Waals surface area contributed by atoms with Gasteiger partial charge in [0.1, 0.15) is 0 Å². The molecule has 0 rings (SSSR count). The van der Waals surface area contributed by atoms with E-state index in [1.165, 1.54) is 103 Å². The van der Waals surface area contributed by atoms with E-state index in [1.807, 2.05) is 13.8 Å². The molecule has 0 aromatic carbocycles. The maximum Gasteiger partial charge on any atom is 0.333 e. The van der Waals surface area contributed by atoms with Crippen LogP contribution in [0.1, 0.15) is 144 Å². The molecule has 0 saturated heterocycles. The number of ether oxygens (including phenoxy) is 2. The van der Waals surface area contributed by atoms with Crippen LogP contribution < -0.4 is 0 Å². The number of carbonyl (C=O) groups excluding carboxylic acids is 2. The van der Waals surface area contributed by atoms with Crippen LogP contribution in [-0.2, 0) is 23.9 Å². The summed E-state index contributed by atoms with van der Waals surface area (Å²) in [5.41, 5.74) is 1.13. The molecule has 0 fully saturated rings. The first-order valence-corrected chi connectivity index (χ1v) is 15.4. The van der Waals surface area contributed by atoms with Gasteiger partial charge in [0.15, 0.2) is 0 Å². The van der Waals surface area contributed by atoms with Gasteiger partial charge < -0.3 is 14.6 Å². The molecule has 1 N–H and O–H groups in total. The van der Waals surface area contributed by atoms with Gasteiger partial charge in [0, 0.05) is 16.7 Å². The normalized spacial score (nSPS) is 9.97. The molecule has 0 aromatic heterocycles. The molecule has 0 aliphatic rings. The van der Waals surface area contributed by atoms with E-state index in [-0.39, 0.29) is 17.5 Å². The Morgan fingerprint density at radius 2 is 0.875 bits per heavy atom. The summed E-state index contributed by atoms with van der Waals surface area (Å²) in [5, 5.41) is 7.89. The number of hydrogen-bond donors (Lipinski definition) is 1. The molecule has 0 aliphatic heterocycles. The third-order valence-electron chi connectivity index (χ3n) is 5.84. The van der Waals surface area contributed by atoms with Gasteiger partial charge in [-0.25, -0.2) is 14.4 Å². The number of rotatable bonds is 22. The molecule has 0 spiro atoms. The Morgan fingerprint density at radius 3 is 1.15 bits per heavy atom. The summed E-state index contributed by atoms with van der Waals surface area (Å²) in [6, 6.07) is 0. The molecule has 0 aliphatic carbocycles. The quantitative estimate of drug-likeness (QED) is 0.0797. The third kappa shape index (κ3) is 37.8. The van der Waals surface area contributed by atoms with Crippen LogP contribution in [0.3, 0.4) is 0 Å². The Kier molecular flexibility index (Phi) is 32.8. The second kappa shape index (κ2) is 31.2. The van der Waals surface area contributed by atoms with Gasteiger partial charge in [0.25, 0.3) is 0 Å². The molecule has 0 saturated carbocycles. The monoisotopic (exact) mass is 566 g/mol. The van der Waals surface area contributed by atoms with Crippen LogP contribution >= 0.6 is 0 Å². The lowest BCUT2D eigenvalue weighted by Gasteiger charge is -2.05. The van der Waals surface area contributed by atoms with Gasteiger partial charge in [0.2, 0.25) is 0 Å². The molecular formula is C34H62O6. The highest BCUT2D eigenvalue weighted by Crippen LogP contribution is 2.13. The van der Waals surface area contributed by atoms with Crippen molar-refractivity contribution in [1.82, 2.24) is 0 Å². The van der Waals surface area contributed by atoms with Crippen LogP contribution in [0.4, 0.5) is 0 Å². The second-order valence-electron chi connectivity index (χ2n) is 11.1. The zero-order valence-corrected chi connectivity index (χ0v) is 26.9. The van der Waals surface area contributed by atoms with E-state index in [9.17, 15) is 14.4 Å². The number of carboxylic acid groups (broad SMARTS) is 1. The van der Waals surface area contributed by atoms with Crippen molar-refractivity contribution in [3.8, 4) is 0 Å². The molecular weight excluding hydrogens is 504 g/mol. The molecule has 0 atom stereocenters. The summed E-state index contributed by atoms with van der Waals surface area (Å²) in [7, 11) is 0. The average molecular weight is 567 g/mol. The van der Waals surface area contributed by atoms with E-state index < -0.39 is 5.97 Å². The number of aliphatic carboxylic acids is 1. The van der Waals surface area contributed by atoms with Crippen molar-refractivity contribution in [2.24, 2.45) is 5.92 Å². The predicted octanol–water partition coefficient (Wildman–Crippen LogP) is 9.78. The van der Waals surface area contributed by atoms with Crippen LogP contribution in [0.2, 0.25) is 0 Å².